The molecule has 4 N–H and O–H groups in total. The molecule has 1 heterocycles. The molecule has 0 aliphatic heterocycles. The number of carboxylic acid groups (broad SMARTS) is 1. The number of aromatic nitrogens is 1. The molecule has 2 rings (SSSR count). The number of nitrogens with two attached hydrogens (primary N) is 1. The summed E-state index contributed by atoms with van der Waals surface area (Å²) in [5.41, 5.74) is 6.44. The fraction of sp³-hybridized carbons (Fsp3) is 0.214. The normalized spacial score (nSPS) is 10.5. The van der Waals surface area contributed by atoms with E-state index in [1.807, 2.05) is 30.3 Å². The van der Waals surface area contributed by atoms with Gasteiger partial charge in [0.1, 0.15) is 0 Å². The molecular formula is C14H14F3N3O4. The number of alkyl halides is 3. The Bertz CT molecular complexity index is 671. The van der Waals surface area contributed by atoms with Gasteiger partial charge in [0.05, 0.1) is 0 Å². The smallest absolute Gasteiger partial charge is 0.475 e. The lowest BCUT2D eigenvalue weighted by Gasteiger charge is -1.97. The molecule has 1 aromatic carbocycles. The molecule has 1 amide bonds. The second kappa shape index (κ2) is 8.67. The van der Waals surface area contributed by atoms with Crippen LogP contribution in [0.5, 0.6) is 0 Å². The Morgan fingerprint density at radius 2 is 1.83 bits per heavy atom. The summed E-state index contributed by atoms with van der Waals surface area (Å²) in [6, 6.07) is 11.1. The van der Waals surface area contributed by atoms with E-state index in [0.717, 1.165) is 5.56 Å². The first-order valence-electron chi connectivity index (χ1n) is 6.56. The number of benzene rings is 1. The summed E-state index contributed by atoms with van der Waals surface area (Å²) in [6.45, 7) is 0.821. The quantitative estimate of drug-likeness (QED) is 0.775. The molecule has 0 unspecified atom stereocenters. The second-order valence-corrected chi connectivity index (χ2v) is 4.29. The highest BCUT2D eigenvalue weighted by atomic mass is 19.4. The molecule has 0 bridgehead atoms. The maximum Gasteiger partial charge on any atom is 0.490 e. The van der Waals surface area contributed by atoms with Crippen molar-refractivity contribution in [2.24, 2.45) is 5.73 Å². The zero-order valence-corrected chi connectivity index (χ0v) is 12.2. The number of nitrogens with zero attached hydrogens (tertiary/aromatic N) is 1. The SMILES string of the molecule is NCCNC(=O)c1cc(-c2ccccc2)on1.O=C(O)C(F)(F)F. The lowest BCUT2D eigenvalue weighted by atomic mass is 10.1. The molecule has 1 aromatic heterocycles. The largest absolute Gasteiger partial charge is 0.490 e. The van der Waals surface area contributed by atoms with Gasteiger partial charge in [0, 0.05) is 24.7 Å². The number of rotatable bonds is 4. The van der Waals surface area contributed by atoms with Crippen LogP contribution < -0.4 is 11.1 Å². The monoisotopic (exact) mass is 345 g/mol. The molecule has 7 nitrogen and oxygen atoms in total. The van der Waals surface area contributed by atoms with Crippen LogP contribution in [0.2, 0.25) is 0 Å². The fourth-order valence-electron chi connectivity index (χ4n) is 1.40. The third-order valence-electron chi connectivity index (χ3n) is 2.47. The predicted octanol–water partition coefficient (Wildman–Crippen LogP) is 1.66. The van der Waals surface area contributed by atoms with Crippen LogP contribution in [0.3, 0.4) is 0 Å². The van der Waals surface area contributed by atoms with E-state index in [-0.39, 0.29) is 11.6 Å². The van der Waals surface area contributed by atoms with Crippen molar-refractivity contribution in [2.45, 2.75) is 6.18 Å². The van der Waals surface area contributed by atoms with Gasteiger partial charge >= 0.3 is 12.1 Å². The molecule has 24 heavy (non-hydrogen) atoms. The Morgan fingerprint density at radius 1 is 1.25 bits per heavy atom. The maximum atomic E-state index is 11.6. The van der Waals surface area contributed by atoms with Crippen molar-refractivity contribution in [2.75, 3.05) is 13.1 Å². The first-order valence-corrected chi connectivity index (χ1v) is 6.56. The van der Waals surface area contributed by atoms with Gasteiger partial charge in [-0.05, 0) is 0 Å². The first-order chi connectivity index (χ1) is 11.3. The molecule has 0 aliphatic carbocycles. The molecule has 2 aromatic rings. The summed E-state index contributed by atoms with van der Waals surface area (Å²) >= 11 is 0. The average Bonchev–Trinajstić information content (AvgIpc) is 3.03. The van der Waals surface area contributed by atoms with E-state index in [4.69, 9.17) is 20.2 Å². The number of hydrogen-bond donors (Lipinski definition) is 3. The third-order valence-corrected chi connectivity index (χ3v) is 2.47. The van der Waals surface area contributed by atoms with E-state index >= 15 is 0 Å². The highest BCUT2D eigenvalue weighted by Crippen LogP contribution is 2.19. The van der Waals surface area contributed by atoms with Crippen molar-refractivity contribution in [3.8, 4) is 11.3 Å². The van der Waals surface area contributed by atoms with E-state index in [2.05, 4.69) is 10.5 Å². The minimum Gasteiger partial charge on any atom is -0.475 e. The number of aliphatic carboxylic acids is 1. The van der Waals surface area contributed by atoms with Crippen molar-refractivity contribution >= 4 is 11.9 Å². The van der Waals surface area contributed by atoms with Crippen LogP contribution in [0.25, 0.3) is 11.3 Å². The Balaban J connectivity index is 0.000000351. The lowest BCUT2D eigenvalue weighted by molar-refractivity contribution is -0.192. The van der Waals surface area contributed by atoms with E-state index in [9.17, 15) is 18.0 Å². The van der Waals surface area contributed by atoms with E-state index in [0.29, 0.717) is 18.8 Å². The summed E-state index contributed by atoms with van der Waals surface area (Å²) in [6.07, 6.45) is -5.08. The molecule has 0 spiro atoms. The number of hydrogen-bond acceptors (Lipinski definition) is 5. The maximum absolute atomic E-state index is 11.6. The van der Waals surface area contributed by atoms with Gasteiger partial charge in [0.15, 0.2) is 11.5 Å². The molecule has 0 radical (unpaired) electrons. The first kappa shape index (κ1) is 19.2. The molecular weight excluding hydrogens is 331 g/mol. The highest BCUT2D eigenvalue weighted by molar-refractivity contribution is 5.93. The zero-order chi connectivity index (χ0) is 18.2. The van der Waals surface area contributed by atoms with Crippen LogP contribution in [0, 0.1) is 0 Å². The van der Waals surface area contributed by atoms with Crippen molar-refractivity contribution in [1.82, 2.24) is 10.5 Å². The predicted molar refractivity (Wildman–Crippen MR) is 77.0 cm³/mol. The Hall–Kier alpha value is -2.88. The van der Waals surface area contributed by atoms with Crippen LogP contribution in [0.4, 0.5) is 13.2 Å². The standard InChI is InChI=1S/C12H13N3O2.C2HF3O2/c13-6-7-14-12(16)10-8-11(17-15-10)9-4-2-1-3-5-9;3-2(4,5)1(6)7/h1-5,8H,6-7,13H2,(H,14,16);(H,6,7). The number of carbonyl (C=O) groups excluding carboxylic acids is 1. The summed E-state index contributed by atoms with van der Waals surface area (Å²) < 4.78 is 36.8. The van der Waals surface area contributed by atoms with Crippen molar-refractivity contribution in [3.63, 3.8) is 0 Å². The second-order valence-electron chi connectivity index (χ2n) is 4.29. The van der Waals surface area contributed by atoms with Crippen molar-refractivity contribution < 1.29 is 32.4 Å². The fourth-order valence-corrected chi connectivity index (χ4v) is 1.40. The average molecular weight is 345 g/mol. The van der Waals surface area contributed by atoms with Crippen LogP contribution >= 0.6 is 0 Å². The van der Waals surface area contributed by atoms with E-state index in [1.165, 1.54) is 0 Å². The lowest BCUT2D eigenvalue weighted by Crippen LogP contribution is -2.29. The number of carbonyl (C=O) groups is 2. The minimum absolute atomic E-state index is 0.261. The van der Waals surface area contributed by atoms with Gasteiger partial charge in [-0.1, -0.05) is 35.5 Å². The molecule has 0 atom stereocenters. The molecule has 0 saturated carbocycles. The summed E-state index contributed by atoms with van der Waals surface area (Å²) in [7, 11) is 0. The van der Waals surface area contributed by atoms with Gasteiger partial charge in [-0.2, -0.15) is 13.2 Å². The summed E-state index contributed by atoms with van der Waals surface area (Å²) in [5, 5.41) is 13.5. The van der Waals surface area contributed by atoms with Gasteiger partial charge in [-0.15, -0.1) is 0 Å². The Kier molecular flexibility index (Phi) is 6.93. The topological polar surface area (TPSA) is 118 Å². The Morgan fingerprint density at radius 3 is 2.33 bits per heavy atom. The molecule has 0 saturated heterocycles. The molecule has 10 heteroatoms. The summed E-state index contributed by atoms with van der Waals surface area (Å²) in [4.78, 5) is 20.5. The van der Waals surface area contributed by atoms with Gasteiger partial charge in [-0.25, -0.2) is 4.79 Å². The number of amides is 1. The van der Waals surface area contributed by atoms with Crippen LogP contribution in [0.15, 0.2) is 40.9 Å². The van der Waals surface area contributed by atoms with Crippen molar-refractivity contribution in [3.05, 3.63) is 42.1 Å². The number of halogens is 3. The van der Waals surface area contributed by atoms with Gasteiger partial charge < -0.3 is 20.7 Å². The minimum atomic E-state index is -5.08. The van der Waals surface area contributed by atoms with E-state index < -0.39 is 12.1 Å². The third kappa shape index (κ3) is 6.08. The van der Waals surface area contributed by atoms with Gasteiger partial charge in [0.25, 0.3) is 5.91 Å². The number of nitrogens with one attached hydrogen (secondary N) is 1. The van der Waals surface area contributed by atoms with Crippen LogP contribution in [-0.2, 0) is 4.79 Å². The van der Waals surface area contributed by atoms with Crippen molar-refractivity contribution in [1.29, 1.82) is 0 Å². The molecule has 0 fully saturated rings. The van der Waals surface area contributed by atoms with Crippen LogP contribution in [0.1, 0.15) is 10.5 Å². The highest BCUT2D eigenvalue weighted by Gasteiger charge is 2.38. The molecule has 0 aliphatic rings. The zero-order valence-electron chi connectivity index (χ0n) is 12.2. The van der Waals surface area contributed by atoms with E-state index in [1.54, 1.807) is 6.07 Å². The summed E-state index contributed by atoms with van der Waals surface area (Å²) in [5.74, 6) is -2.46. The van der Waals surface area contributed by atoms with Gasteiger partial charge in [-0.3, -0.25) is 4.79 Å². The Labute approximate surface area is 134 Å². The van der Waals surface area contributed by atoms with Gasteiger partial charge in [0.2, 0.25) is 0 Å². The molecule has 130 valence electrons. The number of carboxylic acids is 1. The van der Waals surface area contributed by atoms with Crippen LogP contribution in [-0.4, -0.2) is 41.4 Å².